The van der Waals surface area contributed by atoms with Gasteiger partial charge >= 0.3 is 5.97 Å². The van der Waals surface area contributed by atoms with Gasteiger partial charge in [-0.1, -0.05) is 6.92 Å². The van der Waals surface area contributed by atoms with E-state index in [-0.39, 0.29) is 5.69 Å². The standard InChI is InChI=1S/C14H14N2O4/c1-2-8-5-12-13(20-4-3-19-12)6-9(8)10-7-11(14(17)18)16-15-10/h5-7H,2-4H2,1H3,(H,15,16)(H,17,18). The smallest absolute Gasteiger partial charge is 0.353 e. The molecule has 1 aromatic carbocycles. The highest BCUT2D eigenvalue weighted by Crippen LogP contribution is 2.37. The number of ether oxygens (including phenoxy) is 2. The van der Waals surface area contributed by atoms with Gasteiger partial charge in [0.1, 0.15) is 18.9 Å². The molecule has 0 radical (unpaired) electrons. The zero-order chi connectivity index (χ0) is 14.1. The predicted octanol–water partition coefficient (Wildman–Crippen LogP) is 2.11. The second-order valence-corrected chi connectivity index (χ2v) is 4.48. The van der Waals surface area contributed by atoms with Gasteiger partial charge in [-0.15, -0.1) is 0 Å². The Hall–Kier alpha value is -2.50. The molecular formula is C14H14N2O4. The quantitative estimate of drug-likeness (QED) is 0.895. The molecule has 0 saturated carbocycles. The summed E-state index contributed by atoms with van der Waals surface area (Å²) in [5.41, 5.74) is 2.56. The third kappa shape index (κ3) is 2.09. The Balaban J connectivity index is 2.08. The van der Waals surface area contributed by atoms with Gasteiger partial charge in [0.05, 0.1) is 5.69 Å². The van der Waals surface area contributed by atoms with Gasteiger partial charge in [0.25, 0.3) is 0 Å². The van der Waals surface area contributed by atoms with E-state index < -0.39 is 5.97 Å². The number of H-pyrrole nitrogens is 1. The van der Waals surface area contributed by atoms with Crippen LogP contribution in [0.3, 0.4) is 0 Å². The van der Waals surface area contributed by atoms with E-state index in [9.17, 15) is 4.79 Å². The Kier molecular flexibility index (Phi) is 3.06. The minimum atomic E-state index is -1.03. The average molecular weight is 274 g/mol. The van der Waals surface area contributed by atoms with Crippen LogP contribution in [-0.4, -0.2) is 34.5 Å². The molecule has 0 aliphatic carbocycles. The molecule has 1 aliphatic rings. The van der Waals surface area contributed by atoms with Crippen molar-refractivity contribution in [1.82, 2.24) is 10.2 Å². The molecule has 104 valence electrons. The van der Waals surface area contributed by atoms with Crippen LogP contribution in [-0.2, 0) is 6.42 Å². The van der Waals surface area contributed by atoms with Crippen LogP contribution in [0.1, 0.15) is 23.0 Å². The molecule has 0 atom stereocenters. The van der Waals surface area contributed by atoms with E-state index in [0.29, 0.717) is 24.7 Å². The second kappa shape index (κ2) is 4.88. The number of aromatic amines is 1. The largest absolute Gasteiger partial charge is 0.486 e. The predicted molar refractivity (Wildman–Crippen MR) is 71.4 cm³/mol. The number of aromatic carboxylic acids is 1. The minimum absolute atomic E-state index is 0.0666. The normalized spacial score (nSPS) is 13.2. The van der Waals surface area contributed by atoms with Crippen molar-refractivity contribution in [3.63, 3.8) is 0 Å². The molecule has 3 rings (SSSR count). The van der Waals surface area contributed by atoms with E-state index in [1.807, 2.05) is 19.1 Å². The van der Waals surface area contributed by atoms with Crippen molar-refractivity contribution in [3.05, 3.63) is 29.5 Å². The van der Waals surface area contributed by atoms with Crippen molar-refractivity contribution >= 4 is 5.97 Å². The highest BCUT2D eigenvalue weighted by atomic mass is 16.6. The van der Waals surface area contributed by atoms with Gasteiger partial charge in [0.15, 0.2) is 11.5 Å². The number of carbonyl (C=O) groups is 1. The molecule has 1 aromatic heterocycles. The number of fused-ring (bicyclic) bond motifs is 1. The summed E-state index contributed by atoms with van der Waals surface area (Å²) >= 11 is 0. The van der Waals surface area contributed by atoms with Crippen LogP contribution in [0.5, 0.6) is 11.5 Å². The fourth-order valence-electron chi connectivity index (χ4n) is 2.23. The van der Waals surface area contributed by atoms with Gasteiger partial charge in [-0.3, -0.25) is 5.10 Å². The highest BCUT2D eigenvalue weighted by Gasteiger charge is 2.18. The van der Waals surface area contributed by atoms with E-state index in [1.54, 1.807) is 0 Å². The SMILES string of the molecule is CCc1cc2c(cc1-c1cc(C(=O)O)[nH]n1)OCCO2. The van der Waals surface area contributed by atoms with Crippen molar-refractivity contribution in [3.8, 4) is 22.8 Å². The van der Waals surface area contributed by atoms with Crippen LogP contribution in [0, 0.1) is 0 Å². The van der Waals surface area contributed by atoms with E-state index in [4.69, 9.17) is 14.6 Å². The average Bonchev–Trinajstić information content (AvgIpc) is 2.95. The third-order valence-corrected chi connectivity index (χ3v) is 3.23. The molecule has 0 spiro atoms. The number of nitrogens with zero attached hydrogens (tertiary/aromatic N) is 1. The summed E-state index contributed by atoms with van der Waals surface area (Å²) in [4.78, 5) is 10.9. The van der Waals surface area contributed by atoms with Crippen molar-refractivity contribution in [1.29, 1.82) is 0 Å². The summed E-state index contributed by atoms with van der Waals surface area (Å²) in [6, 6.07) is 5.31. The number of aromatic nitrogens is 2. The van der Waals surface area contributed by atoms with E-state index >= 15 is 0 Å². The minimum Gasteiger partial charge on any atom is -0.486 e. The van der Waals surface area contributed by atoms with Gasteiger partial charge in [0, 0.05) is 5.56 Å². The number of rotatable bonds is 3. The molecule has 0 amide bonds. The molecule has 2 aromatic rings. The molecule has 6 heteroatoms. The summed E-state index contributed by atoms with van der Waals surface area (Å²) in [5.74, 6) is 0.369. The first-order chi connectivity index (χ1) is 9.69. The number of hydrogen-bond donors (Lipinski definition) is 2. The van der Waals surface area contributed by atoms with Gasteiger partial charge in [0.2, 0.25) is 0 Å². The van der Waals surface area contributed by atoms with Gasteiger partial charge in [-0.05, 0) is 30.2 Å². The van der Waals surface area contributed by atoms with E-state index in [2.05, 4.69) is 10.2 Å². The summed E-state index contributed by atoms with van der Waals surface area (Å²) in [6.45, 7) is 3.08. The van der Waals surface area contributed by atoms with Gasteiger partial charge < -0.3 is 14.6 Å². The van der Waals surface area contributed by atoms with E-state index in [1.165, 1.54) is 6.07 Å². The van der Waals surface area contributed by atoms with Crippen molar-refractivity contribution < 1.29 is 19.4 Å². The number of carboxylic acids is 1. The van der Waals surface area contributed by atoms with Crippen LogP contribution in [0.25, 0.3) is 11.3 Å². The van der Waals surface area contributed by atoms with Crippen LogP contribution in [0.2, 0.25) is 0 Å². The number of carboxylic acid groups (broad SMARTS) is 1. The maximum atomic E-state index is 10.9. The fourth-order valence-corrected chi connectivity index (χ4v) is 2.23. The van der Waals surface area contributed by atoms with Gasteiger partial charge in [-0.2, -0.15) is 5.10 Å². The van der Waals surface area contributed by atoms with Crippen molar-refractivity contribution in [2.75, 3.05) is 13.2 Å². The summed E-state index contributed by atoms with van der Waals surface area (Å²) in [6.07, 6.45) is 0.793. The summed E-state index contributed by atoms with van der Waals surface area (Å²) < 4.78 is 11.1. The number of benzene rings is 1. The van der Waals surface area contributed by atoms with Crippen LogP contribution in [0.15, 0.2) is 18.2 Å². The summed E-state index contributed by atoms with van der Waals surface area (Å²) in [5, 5.41) is 15.5. The van der Waals surface area contributed by atoms with Gasteiger partial charge in [-0.25, -0.2) is 4.79 Å². The van der Waals surface area contributed by atoms with Crippen LogP contribution < -0.4 is 9.47 Å². The number of aryl methyl sites for hydroxylation is 1. The lowest BCUT2D eigenvalue weighted by Gasteiger charge is -2.20. The third-order valence-electron chi connectivity index (χ3n) is 3.23. The van der Waals surface area contributed by atoms with Crippen LogP contribution in [0.4, 0.5) is 0 Å². The first kappa shape index (κ1) is 12.5. The summed E-state index contributed by atoms with van der Waals surface area (Å²) in [7, 11) is 0. The Morgan fingerprint density at radius 3 is 2.60 bits per heavy atom. The number of hydrogen-bond acceptors (Lipinski definition) is 4. The maximum Gasteiger partial charge on any atom is 0.353 e. The molecular weight excluding hydrogens is 260 g/mol. The molecule has 0 unspecified atom stereocenters. The van der Waals surface area contributed by atoms with Crippen molar-refractivity contribution in [2.45, 2.75) is 13.3 Å². The Bertz CT molecular complexity index is 663. The zero-order valence-corrected chi connectivity index (χ0v) is 11.0. The molecule has 0 bridgehead atoms. The fraction of sp³-hybridized carbons (Fsp3) is 0.286. The molecule has 20 heavy (non-hydrogen) atoms. The topological polar surface area (TPSA) is 84.4 Å². The first-order valence-electron chi connectivity index (χ1n) is 6.40. The Labute approximate surface area is 115 Å². The number of nitrogens with one attached hydrogen (secondary N) is 1. The highest BCUT2D eigenvalue weighted by molar-refractivity contribution is 5.87. The lowest BCUT2D eigenvalue weighted by Crippen LogP contribution is -2.15. The van der Waals surface area contributed by atoms with Crippen LogP contribution >= 0.6 is 0 Å². The first-order valence-corrected chi connectivity index (χ1v) is 6.40. The monoisotopic (exact) mass is 274 g/mol. The maximum absolute atomic E-state index is 10.9. The Morgan fingerprint density at radius 1 is 1.30 bits per heavy atom. The molecule has 2 heterocycles. The lowest BCUT2D eigenvalue weighted by molar-refractivity contribution is 0.0690. The molecule has 1 aliphatic heterocycles. The molecule has 0 fully saturated rings. The molecule has 0 saturated heterocycles. The molecule has 6 nitrogen and oxygen atoms in total. The second-order valence-electron chi connectivity index (χ2n) is 4.48. The lowest BCUT2D eigenvalue weighted by atomic mass is 10.0. The molecule has 2 N–H and O–H groups in total. The van der Waals surface area contributed by atoms with E-state index in [0.717, 1.165) is 23.3 Å². The Morgan fingerprint density at radius 2 is 2.00 bits per heavy atom. The van der Waals surface area contributed by atoms with Crippen molar-refractivity contribution in [2.24, 2.45) is 0 Å². The zero-order valence-electron chi connectivity index (χ0n) is 11.0.